The molecule has 0 aliphatic rings. The van der Waals surface area contributed by atoms with Crippen LogP contribution in [0.1, 0.15) is 0 Å². The molecule has 0 rings (SSSR count). The molecule has 0 spiro atoms. The van der Waals surface area contributed by atoms with Crippen LogP contribution in [0, 0.1) is 0 Å². The van der Waals surface area contributed by atoms with Gasteiger partial charge in [0.15, 0.2) is 0 Å². The second-order valence-corrected chi connectivity index (χ2v) is 1.95. The van der Waals surface area contributed by atoms with Gasteiger partial charge in [0, 0.05) is 0 Å². The molecule has 0 radical (unpaired) electrons. The predicted molar refractivity (Wildman–Crippen MR) is 19.9 cm³/mol. The third-order valence-corrected chi connectivity index (χ3v) is 1.53. The fourth-order valence-corrected chi connectivity index (χ4v) is 0.319. The van der Waals surface area contributed by atoms with E-state index in [1.807, 2.05) is 0 Å². The first-order valence-electron chi connectivity index (χ1n) is 1.68. The van der Waals surface area contributed by atoms with E-state index < -0.39 is 0 Å². The van der Waals surface area contributed by atoms with E-state index in [-0.39, 0.29) is 12.6 Å². The molecule has 3 heteroatoms. The molecule has 0 saturated carbocycles. The topological polar surface area (TPSA) is 46.2 Å². The molecule has 0 aromatic rings. The SMILES string of the molecule is NC(CO)[CH2][Au]. The average molecular weight is 271 g/mol. The Balaban J connectivity index is 2.75. The molecule has 3 N–H and O–H groups in total. The van der Waals surface area contributed by atoms with Crippen molar-refractivity contribution in [2.24, 2.45) is 5.73 Å². The molecule has 0 aromatic carbocycles. The summed E-state index contributed by atoms with van der Waals surface area (Å²) in [6.07, 6.45) is 0. The van der Waals surface area contributed by atoms with Gasteiger partial charge in [-0.25, -0.2) is 0 Å². The van der Waals surface area contributed by atoms with E-state index in [0.29, 0.717) is 0 Å². The molecule has 2 nitrogen and oxygen atoms in total. The predicted octanol–water partition coefficient (Wildman–Crippen LogP) is -0.729. The van der Waals surface area contributed by atoms with Crippen molar-refractivity contribution in [3.63, 3.8) is 0 Å². The van der Waals surface area contributed by atoms with Gasteiger partial charge in [-0.3, -0.25) is 0 Å². The number of nitrogens with two attached hydrogens (primary N) is 1. The summed E-state index contributed by atoms with van der Waals surface area (Å²) in [6, 6.07) is -0.0340. The zero-order chi connectivity index (χ0) is 4.99. The molecular formula is C3H8AuNO. The van der Waals surface area contributed by atoms with Crippen LogP contribution in [0.2, 0.25) is 4.64 Å². The quantitative estimate of drug-likeness (QED) is 0.651. The second kappa shape index (κ2) is 3.84. The molecule has 6 heavy (non-hydrogen) atoms. The summed E-state index contributed by atoms with van der Waals surface area (Å²) in [7, 11) is 0. The standard InChI is InChI=1S/C3H8NO.Au/c1-3(4)2-5;/h3,5H,1-2,4H2;. The Hall–Kier alpha value is 0.660. The minimum absolute atomic E-state index is 0.0340. The third kappa shape index (κ3) is 2.87. The fraction of sp³-hybridized carbons (Fsp3) is 1.00. The summed E-state index contributed by atoms with van der Waals surface area (Å²) >= 11 is 2.28. The zero-order valence-corrected chi connectivity index (χ0v) is 5.48. The van der Waals surface area contributed by atoms with E-state index in [0.717, 1.165) is 4.64 Å². The second-order valence-electron chi connectivity index (χ2n) is 1.07. The normalized spacial score (nSPS) is 14.7. The first kappa shape index (κ1) is 6.66. The summed E-state index contributed by atoms with van der Waals surface area (Å²) in [5.41, 5.74) is 5.21. The van der Waals surface area contributed by atoms with Crippen LogP contribution in [0.3, 0.4) is 0 Å². The van der Waals surface area contributed by atoms with Gasteiger partial charge >= 0.3 is 49.2 Å². The van der Waals surface area contributed by atoms with Crippen LogP contribution >= 0.6 is 0 Å². The first-order valence-corrected chi connectivity index (χ1v) is 3.21. The molecule has 0 aliphatic carbocycles. The van der Waals surface area contributed by atoms with Crippen molar-refractivity contribution in [2.75, 3.05) is 6.61 Å². The van der Waals surface area contributed by atoms with Gasteiger partial charge < -0.3 is 0 Å². The summed E-state index contributed by atoms with van der Waals surface area (Å²) in [4.78, 5) is 0. The third-order valence-electron chi connectivity index (χ3n) is 0.393. The Morgan fingerprint density at radius 1 is 1.83 bits per heavy atom. The Morgan fingerprint density at radius 3 is 2.33 bits per heavy atom. The van der Waals surface area contributed by atoms with Crippen molar-refractivity contribution in [3.05, 3.63) is 0 Å². The maximum absolute atomic E-state index is 8.20. The molecule has 0 aromatic heterocycles. The number of aliphatic hydroxyl groups excluding tert-OH is 1. The summed E-state index contributed by atoms with van der Waals surface area (Å²) < 4.78 is 0.802. The fourth-order valence-electron chi connectivity index (χ4n) is 0.0389. The van der Waals surface area contributed by atoms with Crippen molar-refractivity contribution in [3.8, 4) is 0 Å². The van der Waals surface area contributed by atoms with Crippen LogP contribution in [0.5, 0.6) is 0 Å². The number of hydrogen-bond donors (Lipinski definition) is 2. The van der Waals surface area contributed by atoms with Gasteiger partial charge in [-0.2, -0.15) is 0 Å². The molecule has 0 heterocycles. The molecule has 0 fully saturated rings. The monoisotopic (exact) mass is 271 g/mol. The van der Waals surface area contributed by atoms with E-state index in [4.69, 9.17) is 10.8 Å². The van der Waals surface area contributed by atoms with Gasteiger partial charge in [-0.15, -0.1) is 0 Å². The molecule has 0 amide bonds. The van der Waals surface area contributed by atoms with Gasteiger partial charge in [0.1, 0.15) is 0 Å². The maximum atomic E-state index is 8.20. The number of hydrogen-bond acceptors (Lipinski definition) is 2. The van der Waals surface area contributed by atoms with E-state index in [9.17, 15) is 0 Å². The van der Waals surface area contributed by atoms with Crippen LogP contribution in [0.4, 0.5) is 0 Å². The molecule has 0 saturated heterocycles. The zero-order valence-electron chi connectivity index (χ0n) is 3.32. The molecule has 0 bridgehead atoms. The Morgan fingerprint density at radius 2 is 2.33 bits per heavy atom. The van der Waals surface area contributed by atoms with Crippen LogP contribution in [-0.2, 0) is 21.1 Å². The Labute approximate surface area is 49.6 Å². The molecule has 42 valence electrons. The van der Waals surface area contributed by atoms with Gasteiger partial charge in [-0.05, 0) is 0 Å². The van der Waals surface area contributed by atoms with Crippen molar-refractivity contribution < 1.29 is 26.2 Å². The van der Waals surface area contributed by atoms with Crippen LogP contribution in [0.25, 0.3) is 0 Å². The first-order chi connectivity index (χ1) is 2.81. The van der Waals surface area contributed by atoms with Crippen LogP contribution in [-0.4, -0.2) is 17.8 Å². The summed E-state index contributed by atoms with van der Waals surface area (Å²) in [6.45, 7) is 0.0938. The molecule has 1 unspecified atom stereocenters. The Kier molecular flexibility index (Phi) is 4.26. The van der Waals surface area contributed by atoms with Crippen molar-refractivity contribution in [1.82, 2.24) is 0 Å². The van der Waals surface area contributed by atoms with E-state index in [1.165, 1.54) is 0 Å². The van der Waals surface area contributed by atoms with Crippen molar-refractivity contribution in [1.29, 1.82) is 0 Å². The molecule has 1 atom stereocenters. The number of rotatable bonds is 2. The van der Waals surface area contributed by atoms with Gasteiger partial charge in [-0.1, -0.05) is 0 Å². The van der Waals surface area contributed by atoms with Gasteiger partial charge in [0.25, 0.3) is 0 Å². The average Bonchev–Trinajstić information content (AvgIpc) is 1.65. The van der Waals surface area contributed by atoms with E-state index in [1.54, 1.807) is 0 Å². The van der Waals surface area contributed by atoms with Crippen molar-refractivity contribution in [2.45, 2.75) is 10.7 Å². The van der Waals surface area contributed by atoms with Gasteiger partial charge in [0.05, 0.1) is 0 Å². The molecular weight excluding hydrogens is 263 g/mol. The van der Waals surface area contributed by atoms with Crippen LogP contribution < -0.4 is 5.73 Å². The Bertz CT molecular complexity index is 30.0. The van der Waals surface area contributed by atoms with E-state index >= 15 is 0 Å². The molecule has 0 aliphatic heterocycles. The summed E-state index contributed by atoms with van der Waals surface area (Å²) in [5.74, 6) is 0. The van der Waals surface area contributed by atoms with Gasteiger partial charge in [0.2, 0.25) is 0 Å². The van der Waals surface area contributed by atoms with E-state index in [2.05, 4.69) is 21.1 Å². The number of aliphatic hydroxyl groups is 1. The summed E-state index contributed by atoms with van der Waals surface area (Å²) in [5, 5.41) is 8.20. The van der Waals surface area contributed by atoms with Crippen LogP contribution in [0.15, 0.2) is 0 Å². The van der Waals surface area contributed by atoms with Crippen molar-refractivity contribution >= 4 is 0 Å². The minimum atomic E-state index is -0.0340.